The Morgan fingerprint density at radius 3 is 2.70 bits per heavy atom. The van der Waals surface area contributed by atoms with Crippen LogP contribution in [0, 0.1) is 0 Å². The van der Waals surface area contributed by atoms with E-state index in [9.17, 15) is 4.79 Å². The Morgan fingerprint density at radius 1 is 1.22 bits per heavy atom. The summed E-state index contributed by atoms with van der Waals surface area (Å²) in [4.78, 5) is 23.0. The predicted octanol–water partition coefficient (Wildman–Crippen LogP) is 1.80. The molecule has 1 unspecified atom stereocenters. The van der Waals surface area contributed by atoms with Crippen LogP contribution < -0.4 is 5.32 Å². The Balaban J connectivity index is 1.69. The third kappa shape index (κ3) is 3.84. The highest BCUT2D eigenvalue weighted by molar-refractivity contribution is 5.84. The summed E-state index contributed by atoms with van der Waals surface area (Å²) < 4.78 is 5.28. The summed E-state index contributed by atoms with van der Waals surface area (Å²) in [6.45, 7) is 4.34. The van der Waals surface area contributed by atoms with Crippen LogP contribution >= 0.6 is 0 Å². The normalized spacial score (nSPS) is 16.0. The van der Waals surface area contributed by atoms with Crippen molar-refractivity contribution in [3.63, 3.8) is 0 Å². The number of benzene rings is 1. The molecule has 1 aliphatic heterocycles. The predicted molar refractivity (Wildman–Crippen MR) is 88.0 cm³/mol. The van der Waals surface area contributed by atoms with E-state index in [1.807, 2.05) is 42.2 Å². The smallest absolute Gasteiger partial charge is 0.244 e. The van der Waals surface area contributed by atoms with E-state index in [1.165, 1.54) is 0 Å². The standard InChI is InChI=1S/C17H20N4O2/c1-13(17(22)21-9-11-23-12-10-21)19-15-7-8-18-16(20-15)14-5-3-2-4-6-14/h2-8,13H,9-12H2,1H3,(H,18,19,20). The van der Waals surface area contributed by atoms with E-state index in [1.54, 1.807) is 12.3 Å². The molecule has 1 saturated heterocycles. The van der Waals surface area contributed by atoms with Gasteiger partial charge in [0.1, 0.15) is 11.9 Å². The second kappa shape index (κ2) is 7.19. The summed E-state index contributed by atoms with van der Waals surface area (Å²) in [5.41, 5.74) is 0.948. The van der Waals surface area contributed by atoms with Crippen molar-refractivity contribution >= 4 is 11.7 Å². The summed E-state index contributed by atoms with van der Waals surface area (Å²) in [5.74, 6) is 1.35. The molecule has 1 atom stereocenters. The van der Waals surface area contributed by atoms with Crippen molar-refractivity contribution in [3.8, 4) is 11.4 Å². The van der Waals surface area contributed by atoms with Crippen LogP contribution in [0.15, 0.2) is 42.6 Å². The van der Waals surface area contributed by atoms with Gasteiger partial charge in [-0.3, -0.25) is 4.79 Å². The summed E-state index contributed by atoms with van der Waals surface area (Å²) >= 11 is 0. The van der Waals surface area contributed by atoms with Gasteiger partial charge in [0.2, 0.25) is 5.91 Å². The highest BCUT2D eigenvalue weighted by Crippen LogP contribution is 2.16. The molecule has 1 aromatic heterocycles. The molecule has 6 nitrogen and oxygen atoms in total. The first-order valence-corrected chi connectivity index (χ1v) is 7.75. The number of nitrogens with zero attached hydrogens (tertiary/aromatic N) is 3. The minimum absolute atomic E-state index is 0.0631. The van der Waals surface area contributed by atoms with Crippen LogP contribution in [-0.4, -0.2) is 53.1 Å². The second-order valence-electron chi connectivity index (χ2n) is 5.44. The van der Waals surface area contributed by atoms with Gasteiger partial charge in [-0.05, 0) is 13.0 Å². The van der Waals surface area contributed by atoms with E-state index >= 15 is 0 Å². The Kier molecular flexibility index (Phi) is 4.83. The average molecular weight is 312 g/mol. The summed E-state index contributed by atoms with van der Waals surface area (Å²) in [6, 6.07) is 11.2. The maximum atomic E-state index is 12.4. The van der Waals surface area contributed by atoms with Crippen molar-refractivity contribution in [2.24, 2.45) is 0 Å². The largest absolute Gasteiger partial charge is 0.378 e. The molecule has 23 heavy (non-hydrogen) atoms. The molecule has 6 heteroatoms. The van der Waals surface area contributed by atoms with Crippen LogP contribution in [0.4, 0.5) is 5.82 Å². The van der Waals surface area contributed by atoms with Crippen LogP contribution in [0.3, 0.4) is 0 Å². The summed E-state index contributed by atoms with van der Waals surface area (Å²) in [7, 11) is 0. The minimum Gasteiger partial charge on any atom is -0.378 e. The number of anilines is 1. The molecule has 0 spiro atoms. The number of aromatic nitrogens is 2. The highest BCUT2D eigenvalue weighted by Gasteiger charge is 2.22. The molecule has 3 rings (SSSR count). The lowest BCUT2D eigenvalue weighted by Crippen LogP contribution is -2.47. The number of morpholine rings is 1. The van der Waals surface area contributed by atoms with E-state index in [0.29, 0.717) is 37.9 Å². The zero-order valence-corrected chi connectivity index (χ0v) is 13.1. The Hall–Kier alpha value is -2.47. The molecule has 0 radical (unpaired) electrons. The molecule has 1 fully saturated rings. The SMILES string of the molecule is CC(Nc1ccnc(-c2ccccc2)n1)C(=O)N1CCOCC1. The molecule has 1 N–H and O–H groups in total. The topological polar surface area (TPSA) is 67.4 Å². The number of hydrogen-bond acceptors (Lipinski definition) is 5. The second-order valence-corrected chi connectivity index (χ2v) is 5.44. The van der Waals surface area contributed by atoms with Crippen LogP contribution in [0.25, 0.3) is 11.4 Å². The maximum Gasteiger partial charge on any atom is 0.244 e. The van der Waals surface area contributed by atoms with Crippen LogP contribution in [0.1, 0.15) is 6.92 Å². The van der Waals surface area contributed by atoms with Gasteiger partial charge in [-0.2, -0.15) is 0 Å². The fourth-order valence-corrected chi connectivity index (χ4v) is 2.51. The first-order chi connectivity index (χ1) is 11.2. The van der Waals surface area contributed by atoms with Gasteiger partial charge < -0.3 is 15.0 Å². The van der Waals surface area contributed by atoms with E-state index in [-0.39, 0.29) is 11.9 Å². The molecule has 0 aliphatic carbocycles. The highest BCUT2D eigenvalue weighted by atomic mass is 16.5. The van der Waals surface area contributed by atoms with E-state index in [4.69, 9.17) is 4.74 Å². The van der Waals surface area contributed by atoms with Gasteiger partial charge in [0.05, 0.1) is 13.2 Å². The van der Waals surface area contributed by atoms with Crippen molar-refractivity contribution in [3.05, 3.63) is 42.6 Å². The van der Waals surface area contributed by atoms with E-state index < -0.39 is 0 Å². The van der Waals surface area contributed by atoms with Gasteiger partial charge in [-0.25, -0.2) is 9.97 Å². The minimum atomic E-state index is -0.341. The summed E-state index contributed by atoms with van der Waals surface area (Å²) in [5, 5.41) is 3.17. The Bertz CT molecular complexity index is 657. The van der Waals surface area contributed by atoms with Crippen molar-refractivity contribution in [2.45, 2.75) is 13.0 Å². The number of nitrogens with one attached hydrogen (secondary N) is 1. The quantitative estimate of drug-likeness (QED) is 0.932. The van der Waals surface area contributed by atoms with E-state index in [2.05, 4.69) is 15.3 Å². The van der Waals surface area contributed by atoms with Gasteiger partial charge in [-0.15, -0.1) is 0 Å². The molecule has 120 valence electrons. The van der Waals surface area contributed by atoms with Crippen LogP contribution in [0.2, 0.25) is 0 Å². The summed E-state index contributed by atoms with van der Waals surface area (Å²) in [6.07, 6.45) is 1.70. The maximum absolute atomic E-state index is 12.4. The fourth-order valence-electron chi connectivity index (χ4n) is 2.51. The first-order valence-electron chi connectivity index (χ1n) is 7.75. The van der Waals surface area contributed by atoms with Crippen LogP contribution in [-0.2, 0) is 9.53 Å². The molecule has 1 aromatic carbocycles. The molecule has 2 heterocycles. The average Bonchev–Trinajstić information content (AvgIpc) is 2.63. The zero-order chi connectivity index (χ0) is 16.1. The third-order valence-electron chi connectivity index (χ3n) is 3.75. The van der Waals surface area contributed by atoms with Gasteiger partial charge >= 0.3 is 0 Å². The first kappa shape index (κ1) is 15.4. The molecule has 2 aromatic rings. The monoisotopic (exact) mass is 312 g/mol. The number of carbonyl (C=O) groups excluding carboxylic acids is 1. The molecular weight excluding hydrogens is 292 g/mol. The van der Waals surface area contributed by atoms with Crippen molar-refractivity contribution < 1.29 is 9.53 Å². The van der Waals surface area contributed by atoms with E-state index in [0.717, 1.165) is 5.56 Å². The van der Waals surface area contributed by atoms with Gasteiger partial charge in [0, 0.05) is 24.8 Å². The number of ether oxygens (including phenoxy) is 1. The van der Waals surface area contributed by atoms with Crippen molar-refractivity contribution in [2.75, 3.05) is 31.6 Å². The molecule has 1 amide bonds. The number of rotatable bonds is 4. The number of amides is 1. The van der Waals surface area contributed by atoms with Gasteiger partial charge in [0.15, 0.2) is 5.82 Å². The zero-order valence-electron chi connectivity index (χ0n) is 13.1. The lowest BCUT2D eigenvalue weighted by atomic mass is 10.2. The third-order valence-corrected chi connectivity index (χ3v) is 3.75. The van der Waals surface area contributed by atoms with Gasteiger partial charge in [0.25, 0.3) is 0 Å². The lowest BCUT2D eigenvalue weighted by molar-refractivity contribution is -0.135. The van der Waals surface area contributed by atoms with Crippen molar-refractivity contribution in [1.29, 1.82) is 0 Å². The van der Waals surface area contributed by atoms with Crippen LogP contribution in [0.5, 0.6) is 0 Å². The number of hydrogen-bond donors (Lipinski definition) is 1. The fraction of sp³-hybridized carbons (Fsp3) is 0.353. The Morgan fingerprint density at radius 2 is 1.96 bits per heavy atom. The number of carbonyl (C=O) groups is 1. The Labute approximate surface area is 135 Å². The lowest BCUT2D eigenvalue weighted by Gasteiger charge is -2.29. The molecule has 1 aliphatic rings. The van der Waals surface area contributed by atoms with Gasteiger partial charge in [-0.1, -0.05) is 30.3 Å². The van der Waals surface area contributed by atoms with Crippen molar-refractivity contribution in [1.82, 2.24) is 14.9 Å². The molecular formula is C17H20N4O2. The molecule has 0 bridgehead atoms. The molecule has 0 saturated carbocycles.